The number of carbonyl (C=O) groups excluding carboxylic acids is 2. The van der Waals surface area contributed by atoms with Gasteiger partial charge in [0.2, 0.25) is 0 Å². The zero-order chi connectivity index (χ0) is 19.8. The molecule has 0 bridgehead atoms. The summed E-state index contributed by atoms with van der Waals surface area (Å²) in [5.41, 5.74) is 3.39. The molecule has 2 amide bonds. The molecule has 2 rings (SSSR count). The molecule has 27 heavy (non-hydrogen) atoms. The average Bonchev–Trinajstić information content (AvgIpc) is 2.69. The molecule has 0 spiro atoms. The Kier molecular flexibility index (Phi) is 6.76. The molecule has 8 nitrogen and oxygen atoms in total. The number of amides is 2. The lowest BCUT2D eigenvalue weighted by molar-refractivity contribution is -0.122. The van der Waals surface area contributed by atoms with E-state index in [9.17, 15) is 14.7 Å². The average molecular weight is 371 g/mol. The Labute approximate surface area is 156 Å². The second kappa shape index (κ2) is 9.23. The predicted octanol–water partition coefficient (Wildman–Crippen LogP) is 1.68. The fourth-order valence-corrected chi connectivity index (χ4v) is 2.13. The molecule has 0 radical (unpaired) electrons. The minimum atomic E-state index is -0.786. The SMILES string of the molecule is COc1ccc(C(=O)NC(C)C(=O)N/N=C/c2ccc(O)c(OC)c2)cc1. The Hall–Kier alpha value is -3.55. The van der Waals surface area contributed by atoms with E-state index >= 15 is 0 Å². The maximum absolute atomic E-state index is 12.1. The van der Waals surface area contributed by atoms with E-state index in [1.165, 1.54) is 26.5 Å². The van der Waals surface area contributed by atoms with Gasteiger partial charge in [-0.1, -0.05) is 0 Å². The molecule has 2 aromatic carbocycles. The van der Waals surface area contributed by atoms with Crippen molar-refractivity contribution in [3.63, 3.8) is 0 Å². The number of hydrazone groups is 1. The van der Waals surface area contributed by atoms with E-state index in [1.54, 1.807) is 43.3 Å². The zero-order valence-electron chi connectivity index (χ0n) is 15.2. The van der Waals surface area contributed by atoms with Crippen molar-refractivity contribution in [1.29, 1.82) is 0 Å². The van der Waals surface area contributed by atoms with E-state index in [4.69, 9.17) is 9.47 Å². The van der Waals surface area contributed by atoms with E-state index in [2.05, 4.69) is 15.8 Å². The summed E-state index contributed by atoms with van der Waals surface area (Å²) >= 11 is 0. The van der Waals surface area contributed by atoms with Crippen LogP contribution in [-0.2, 0) is 4.79 Å². The van der Waals surface area contributed by atoms with Crippen molar-refractivity contribution in [2.24, 2.45) is 5.10 Å². The van der Waals surface area contributed by atoms with Gasteiger partial charge in [0.1, 0.15) is 11.8 Å². The van der Waals surface area contributed by atoms with Crippen molar-refractivity contribution < 1.29 is 24.2 Å². The second-order valence-electron chi connectivity index (χ2n) is 5.59. The molecule has 0 aliphatic carbocycles. The minimum Gasteiger partial charge on any atom is -0.504 e. The third-order valence-electron chi connectivity index (χ3n) is 3.69. The number of hydrogen-bond acceptors (Lipinski definition) is 6. The molecule has 3 N–H and O–H groups in total. The highest BCUT2D eigenvalue weighted by atomic mass is 16.5. The topological polar surface area (TPSA) is 109 Å². The third kappa shape index (κ3) is 5.46. The fraction of sp³-hybridized carbons (Fsp3) is 0.211. The van der Waals surface area contributed by atoms with Gasteiger partial charge in [-0.2, -0.15) is 5.10 Å². The van der Waals surface area contributed by atoms with Crippen LogP contribution in [0.15, 0.2) is 47.6 Å². The highest BCUT2D eigenvalue weighted by Gasteiger charge is 2.16. The maximum Gasteiger partial charge on any atom is 0.262 e. The van der Waals surface area contributed by atoms with Gasteiger partial charge in [0.25, 0.3) is 11.8 Å². The largest absolute Gasteiger partial charge is 0.504 e. The highest BCUT2D eigenvalue weighted by molar-refractivity contribution is 5.97. The summed E-state index contributed by atoms with van der Waals surface area (Å²) in [6.45, 7) is 1.55. The van der Waals surface area contributed by atoms with Crippen molar-refractivity contribution in [3.05, 3.63) is 53.6 Å². The number of methoxy groups -OCH3 is 2. The van der Waals surface area contributed by atoms with Crippen LogP contribution >= 0.6 is 0 Å². The summed E-state index contributed by atoms with van der Waals surface area (Å²) in [6, 6.07) is 10.4. The Bertz CT molecular complexity index is 834. The number of hydrogen-bond donors (Lipinski definition) is 3. The van der Waals surface area contributed by atoms with Crippen molar-refractivity contribution in [1.82, 2.24) is 10.7 Å². The lowest BCUT2D eigenvalue weighted by atomic mass is 10.2. The number of aromatic hydroxyl groups is 1. The van der Waals surface area contributed by atoms with Crippen LogP contribution in [0.25, 0.3) is 0 Å². The van der Waals surface area contributed by atoms with Gasteiger partial charge in [-0.15, -0.1) is 0 Å². The number of phenols is 1. The molecule has 0 heterocycles. The summed E-state index contributed by atoms with van der Waals surface area (Å²) in [7, 11) is 2.97. The third-order valence-corrected chi connectivity index (χ3v) is 3.69. The van der Waals surface area contributed by atoms with Gasteiger partial charge in [0.15, 0.2) is 11.5 Å². The van der Waals surface area contributed by atoms with Gasteiger partial charge in [-0.05, 0) is 55.0 Å². The minimum absolute atomic E-state index is 0.00792. The molecular weight excluding hydrogens is 350 g/mol. The molecular formula is C19H21N3O5. The Morgan fingerprint density at radius 1 is 1.11 bits per heavy atom. The molecule has 0 aromatic heterocycles. The van der Waals surface area contributed by atoms with Gasteiger partial charge in [-0.25, -0.2) is 5.43 Å². The van der Waals surface area contributed by atoms with Crippen molar-refractivity contribution >= 4 is 18.0 Å². The standard InChI is InChI=1S/C19H21N3O5/c1-12(21-19(25)14-5-7-15(26-2)8-6-14)18(24)22-20-11-13-4-9-16(23)17(10-13)27-3/h4-12,23H,1-3H3,(H,21,25)(H,22,24)/b20-11+. The second-order valence-corrected chi connectivity index (χ2v) is 5.59. The van der Waals surface area contributed by atoms with Crippen molar-refractivity contribution in [3.8, 4) is 17.2 Å². The fourth-order valence-electron chi connectivity index (χ4n) is 2.13. The quantitative estimate of drug-likeness (QED) is 0.507. The van der Waals surface area contributed by atoms with Gasteiger partial charge in [-0.3, -0.25) is 9.59 Å². The summed E-state index contributed by atoms with van der Waals surface area (Å²) in [4.78, 5) is 24.2. The van der Waals surface area contributed by atoms with E-state index < -0.39 is 11.9 Å². The molecule has 142 valence electrons. The van der Waals surface area contributed by atoms with E-state index in [0.717, 1.165) is 0 Å². The van der Waals surface area contributed by atoms with E-state index in [0.29, 0.717) is 22.6 Å². The smallest absolute Gasteiger partial charge is 0.262 e. The van der Waals surface area contributed by atoms with Crippen LogP contribution < -0.4 is 20.2 Å². The number of phenolic OH excluding ortho intramolecular Hbond substituents is 1. The molecule has 2 aromatic rings. The molecule has 0 aliphatic heterocycles. The molecule has 8 heteroatoms. The first-order valence-electron chi connectivity index (χ1n) is 8.09. The van der Waals surface area contributed by atoms with E-state index in [-0.39, 0.29) is 11.7 Å². The molecule has 1 atom stereocenters. The monoisotopic (exact) mass is 371 g/mol. The highest BCUT2D eigenvalue weighted by Crippen LogP contribution is 2.25. The normalized spacial score (nSPS) is 11.7. The van der Waals surface area contributed by atoms with Crippen molar-refractivity contribution in [2.45, 2.75) is 13.0 Å². The number of rotatable bonds is 7. The molecule has 0 saturated heterocycles. The molecule has 0 aliphatic rings. The summed E-state index contributed by atoms with van der Waals surface area (Å²) < 4.78 is 10.0. The van der Waals surface area contributed by atoms with E-state index in [1.807, 2.05) is 0 Å². The van der Waals surface area contributed by atoms with Crippen LogP contribution in [0.4, 0.5) is 0 Å². The Morgan fingerprint density at radius 3 is 2.44 bits per heavy atom. The Morgan fingerprint density at radius 2 is 1.81 bits per heavy atom. The van der Waals surface area contributed by atoms with Crippen LogP contribution in [0.3, 0.4) is 0 Å². The van der Waals surface area contributed by atoms with Crippen LogP contribution in [0, 0.1) is 0 Å². The van der Waals surface area contributed by atoms with Gasteiger partial charge in [0, 0.05) is 5.56 Å². The first kappa shape index (κ1) is 19.8. The molecule has 0 fully saturated rings. The summed E-state index contributed by atoms with van der Waals surface area (Å²) in [5, 5.41) is 16.0. The first-order chi connectivity index (χ1) is 12.9. The van der Waals surface area contributed by atoms with Gasteiger partial charge >= 0.3 is 0 Å². The molecule has 0 saturated carbocycles. The van der Waals surface area contributed by atoms with Crippen LogP contribution in [0.2, 0.25) is 0 Å². The van der Waals surface area contributed by atoms with Gasteiger partial charge in [0.05, 0.1) is 20.4 Å². The molecule has 1 unspecified atom stereocenters. The number of nitrogens with one attached hydrogen (secondary N) is 2. The van der Waals surface area contributed by atoms with Gasteiger partial charge < -0.3 is 19.9 Å². The van der Waals surface area contributed by atoms with Crippen LogP contribution in [-0.4, -0.2) is 43.4 Å². The van der Waals surface area contributed by atoms with Crippen LogP contribution in [0.5, 0.6) is 17.2 Å². The number of ether oxygens (including phenoxy) is 2. The predicted molar refractivity (Wildman–Crippen MR) is 100 cm³/mol. The Balaban J connectivity index is 1.90. The lowest BCUT2D eigenvalue weighted by Crippen LogP contribution is -2.43. The maximum atomic E-state index is 12.1. The zero-order valence-corrected chi connectivity index (χ0v) is 15.2. The summed E-state index contributed by atoms with van der Waals surface area (Å²) in [5.74, 6) is 0.0860. The number of nitrogens with zero attached hydrogens (tertiary/aromatic N) is 1. The van der Waals surface area contributed by atoms with Crippen molar-refractivity contribution in [2.75, 3.05) is 14.2 Å². The number of benzene rings is 2. The summed E-state index contributed by atoms with van der Waals surface area (Å²) in [6.07, 6.45) is 1.40. The number of carbonyl (C=O) groups is 2. The lowest BCUT2D eigenvalue weighted by Gasteiger charge is -2.12. The first-order valence-corrected chi connectivity index (χ1v) is 8.09. The van der Waals surface area contributed by atoms with Crippen LogP contribution in [0.1, 0.15) is 22.8 Å².